The Morgan fingerprint density at radius 3 is 2.78 bits per heavy atom. The second kappa shape index (κ2) is 7.41. The van der Waals surface area contributed by atoms with Crippen LogP contribution in [0.4, 0.5) is 0 Å². The monoisotopic (exact) mass is 351 g/mol. The molecule has 1 heterocycles. The van der Waals surface area contributed by atoms with E-state index in [4.69, 9.17) is 27.6 Å². The van der Waals surface area contributed by atoms with Gasteiger partial charge in [0.1, 0.15) is 5.76 Å². The summed E-state index contributed by atoms with van der Waals surface area (Å²) in [6, 6.07) is 8.99. The predicted molar refractivity (Wildman–Crippen MR) is 92.1 cm³/mol. The van der Waals surface area contributed by atoms with Crippen molar-refractivity contribution in [1.29, 1.82) is 0 Å². The first kappa shape index (κ1) is 16.4. The molecule has 1 aromatic carbocycles. The lowest BCUT2D eigenvalue weighted by molar-refractivity contribution is 0.0904. The van der Waals surface area contributed by atoms with E-state index in [9.17, 15) is 4.79 Å². The molecule has 0 bridgehead atoms. The van der Waals surface area contributed by atoms with Crippen molar-refractivity contribution in [3.05, 3.63) is 58.0 Å². The van der Waals surface area contributed by atoms with Crippen LogP contribution in [0.3, 0.4) is 0 Å². The van der Waals surface area contributed by atoms with Crippen LogP contribution in [0.1, 0.15) is 41.8 Å². The largest absolute Gasteiger partial charge is 0.469 e. The highest BCUT2D eigenvalue weighted by atomic mass is 35.5. The van der Waals surface area contributed by atoms with Crippen molar-refractivity contribution >= 4 is 29.1 Å². The summed E-state index contributed by atoms with van der Waals surface area (Å²) < 4.78 is 5.46. The maximum atomic E-state index is 12.5. The molecule has 0 saturated heterocycles. The molecular formula is C18H19Cl2NO2. The second-order valence-corrected chi connectivity index (χ2v) is 6.88. The molecule has 1 N–H and O–H groups in total. The topological polar surface area (TPSA) is 42.2 Å². The Kier molecular flexibility index (Phi) is 5.29. The number of nitrogens with one attached hydrogen (secondary N) is 1. The summed E-state index contributed by atoms with van der Waals surface area (Å²) in [5.74, 6) is 1.23. The minimum Gasteiger partial charge on any atom is -0.469 e. The number of hydrogen-bond acceptors (Lipinski definition) is 2. The number of rotatable bonds is 4. The molecule has 3 nitrogen and oxygen atoms in total. The molecular weight excluding hydrogens is 333 g/mol. The zero-order valence-corrected chi connectivity index (χ0v) is 14.2. The molecule has 1 amide bonds. The van der Waals surface area contributed by atoms with Gasteiger partial charge in [-0.2, -0.15) is 0 Å². The third kappa shape index (κ3) is 4.10. The molecule has 0 radical (unpaired) electrons. The highest BCUT2D eigenvalue weighted by molar-refractivity contribution is 6.36. The highest BCUT2D eigenvalue weighted by Gasteiger charge is 2.28. The summed E-state index contributed by atoms with van der Waals surface area (Å²) in [4.78, 5) is 12.5. The summed E-state index contributed by atoms with van der Waals surface area (Å²) >= 11 is 12.0. The number of carbonyl (C=O) groups is 1. The molecule has 0 aliphatic heterocycles. The van der Waals surface area contributed by atoms with E-state index < -0.39 is 0 Å². The summed E-state index contributed by atoms with van der Waals surface area (Å²) in [5, 5.41) is 4.06. The van der Waals surface area contributed by atoms with Crippen LogP contribution in [0.15, 0.2) is 41.0 Å². The molecule has 1 aromatic heterocycles. The van der Waals surface area contributed by atoms with Gasteiger partial charge in [0.05, 0.1) is 16.8 Å². The van der Waals surface area contributed by atoms with Crippen LogP contribution in [0.25, 0.3) is 0 Å². The van der Waals surface area contributed by atoms with Gasteiger partial charge in [-0.05, 0) is 49.1 Å². The first-order chi connectivity index (χ1) is 11.1. The van der Waals surface area contributed by atoms with E-state index in [-0.39, 0.29) is 11.9 Å². The molecule has 1 aliphatic rings. The third-order valence-electron chi connectivity index (χ3n) is 4.44. The fourth-order valence-electron chi connectivity index (χ4n) is 3.25. The van der Waals surface area contributed by atoms with Gasteiger partial charge in [-0.3, -0.25) is 4.79 Å². The average molecular weight is 352 g/mol. The quantitative estimate of drug-likeness (QED) is 0.830. The van der Waals surface area contributed by atoms with Crippen LogP contribution in [-0.2, 0) is 6.42 Å². The molecule has 0 unspecified atom stereocenters. The van der Waals surface area contributed by atoms with Gasteiger partial charge in [0.25, 0.3) is 5.91 Å². The van der Waals surface area contributed by atoms with Crippen molar-refractivity contribution in [2.75, 3.05) is 0 Å². The molecule has 1 saturated carbocycles. The number of furan rings is 1. The van der Waals surface area contributed by atoms with E-state index >= 15 is 0 Å². The second-order valence-electron chi connectivity index (χ2n) is 6.03. The van der Waals surface area contributed by atoms with Crippen molar-refractivity contribution in [2.45, 2.75) is 38.1 Å². The lowest BCUT2D eigenvalue weighted by Crippen LogP contribution is -2.43. The van der Waals surface area contributed by atoms with E-state index in [1.807, 2.05) is 12.1 Å². The first-order valence-electron chi connectivity index (χ1n) is 7.92. The SMILES string of the molecule is O=C(N[C@@H]1CCCC[C@@H]1Cc1ccco1)c1ccc(Cl)cc1Cl. The third-order valence-corrected chi connectivity index (χ3v) is 4.99. The van der Waals surface area contributed by atoms with E-state index in [1.165, 1.54) is 6.42 Å². The molecule has 122 valence electrons. The molecule has 2 atom stereocenters. The van der Waals surface area contributed by atoms with Gasteiger partial charge < -0.3 is 9.73 Å². The molecule has 0 spiro atoms. The lowest BCUT2D eigenvalue weighted by atomic mass is 9.81. The smallest absolute Gasteiger partial charge is 0.253 e. The first-order valence-corrected chi connectivity index (χ1v) is 8.67. The molecule has 23 heavy (non-hydrogen) atoms. The Morgan fingerprint density at radius 2 is 2.04 bits per heavy atom. The highest BCUT2D eigenvalue weighted by Crippen LogP contribution is 2.29. The molecule has 1 aliphatic carbocycles. The Morgan fingerprint density at radius 1 is 1.22 bits per heavy atom. The normalized spacial score (nSPS) is 21.1. The van der Waals surface area contributed by atoms with E-state index in [0.29, 0.717) is 21.5 Å². The molecule has 1 fully saturated rings. The van der Waals surface area contributed by atoms with Crippen LogP contribution < -0.4 is 5.32 Å². The standard InChI is InChI=1S/C18H19Cl2NO2/c19-13-7-8-15(16(20)11-13)18(22)21-17-6-2-1-4-12(17)10-14-5-3-9-23-14/h3,5,7-9,11-12,17H,1-2,4,6,10H2,(H,21,22)/t12-,17-/m1/s1. The van der Waals surface area contributed by atoms with Crippen LogP contribution in [0.5, 0.6) is 0 Å². The van der Waals surface area contributed by atoms with Crippen LogP contribution in [-0.4, -0.2) is 11.9 Å². The van der Waals surface area contributed by atoms with Crippen molar-refractivity contribution in [2.24, 2.45) is 5.92 Å². The molecule has 3 rings (SSSR count). The average Bonchev–Trinajstić information content (AvgIpc) is 3.02. The summed E-state index contributed by atoms with van der Waals surface area (Å²) in [5.41, 5.74) is 0.471. The van der Waals surface area contributed by atoms with Crippen molar-refractivity contribution < 1.29 is 9.21 Å². The van der Waals surface area contributed by atoms with Gasteiger partial charge >= 0.3 is 0 Å². The Hall–Kier alpha value is -1.45. The molecule has 5 heteroatoms. The minimum atomic E-state index is -0.136. The van der Waals surface area contributed by atoms with Crippen LogP contribution in [0, 0.1) is 5.92 Å². The van der Waals surface area contributed by atoms with Crippen molar-refractivity contribution in [3.8, 4) is 0 Å². The van der Waals surface area contributed by atoms with Gasteiger partial charge in [-0.15, -0.1) is 0 Å². The molecule has 2 aromatic rings. The minimum absolute atomic E-state index is 0.136. The summed E-state index contributed by atoms with van der Waals surface area (Å²) in [7, 11) is 0. The number of carbonyl (C=O) groups excluding carboxylic acids is 1. The number of hydrogen-bond donors (Lipinski definition) is 1. The lowest BCUT2D eigenvalue weighted by Gasteiger charge is -2.32. The van der Waals surface area contributed by atoms with E-state index in [1.54, 1.807) is 24.5 Å². The number of amides is 1. The van der Waals surface area contributed by atoms with E-state index in [0.717, 1.165) is 31.4 Å². The van der Waals surface area contributed by atoms with Gasteiger partial charge in [-0.25, -0.2) is 0 Å². The Labute approximate surface area is 146 Å². The van der Waals surface area contributed by atoms with Crippen LogP contribution in [0.2, 0.25) is 10.0 Å². The van der Waals surface area contributed by atoms with Gasteiger partial charge in [0.2, 0.25) is 0 Å². The zero-order chi connectivity index (χ0) is 16.2. The fraction of sp³-hybridized carbons (Fsp3) is 0.389. The maximum Gasteiger partial charge on any atom is 0.253 e. The maximum absolute atomic E-state index is 12.5. The number of benzene rings is 1. The van der Waals surface area contributed by atoms with Gasteiger partial charge in [0.15, 0.2) is 0 Å². The Balaban J connectivity index is 1.69. The van der Waals surface area contributed by atoms with Crippen LogP contribution >= 0.6 is 23.2 Å². The van der Waals surface area contributed by atoms with E-state index in [2.05, 4.69) is 5.32 Å². The van der Waals surface area contributed by atoms with Crippen molar-refractivity contribution in [1.82, 2.24) is 5.32 Å². The summed E-state index contributed by atoms with van der Waals surface area (Å²) in [6.45, 7) is 0. The van der Waals surface area contributed by atoms with Gasteiger partial charge in [0, 0.05) is 17.5 Å². The fourth-order valence-corrected chi connectivity index (χ4v) is 3.74. The zero-order valence-electron chi connectivity index (χ0n) is 12.7. The predicted octanol–water partition coefficient (Wildman–Crippen LogP) is 5.12. The Bertz CT molecular complexity index is 670. The number of halogens is 2. The van der Waals surface area contributed by atoms with Crippen molar-refractivity contribution in [3.63, 3.8) is 0 Å². The summed E-state index contributed by atoms with van der Waals surface area (Å²) in [6.07, 6.45) is 6.96. The van der Waals surface area contributed by atoms with Gasteiger partial charge in [-0.1, -0.05) is 36.0 Å².